The van der Waals surface area contributed by atoms with Gasteiger partial charge in [-0.15, -0.1) is 5.11 Å². The van der Waals surface area contributed by atoms with Crippen molar-refractivity contribution in [3.8, 4) is 0 Å². The molecule has 208 valence electrons. The maximum absolute atomic E-state index is 11.2. The van der Waals surface area contributed by atoms with Crippen LogP contribution in [0.2, 0.25) is 0 Å². The highest BCUT2D eigenvalue weighted by Crippen LogP contribution is 2.32. The number of benzene rings is 2. The van der Waals surface area contributed by atoms with Crippen LogP contribution in [0, 0.1) is 20.2 Å². The lowest BCUT2D eigenvalue weighted by Gasteiger charge is -2.19. The molecule has 9 heteroatoms. The fourth-order valence-electron chi connectivity index (χ4n) is 4.41. The van der Waals surface area contributed by atoms with E-state index in [1.807, 2.05) is 12.1 Å². The van der Waals surface area contributed by atoms with Crippen LogP contribution < -0.4 is 4.90 Å². The molecule has 2 aromatic rings. The van der Waals surface area contributed by atoms with Gasteiger partial charge in [0, 0.05) is 25.3 Å². The molecule has 0 radical (unpaired) electrons. The van der Waals surface area contributed by atoms with Crippen molar-refractivity contribution in [1.82, 2.24) is 0 Å². The maximum Gasteiger partial charge on any atom is 0.303 e. The van der Waals surface area contributed by atoms with Gasteiger partial charge in [0.05, 0.1) is 21.6 Å². The number of hydrogen-bond acceptors (Lipinski definition) is 7. The summed E-state index contributed by atoms with van der Waals surface area (Å²) in [5.74, 6) is 0. The number of azo groups is 1. The van der Waals surface area contributed by atoms with Gasteiger partial charge < -0.3 is 4.90 Å². The lowest BCUT2D eigenvalue weighted by atomic mass is 10.0. The van der Waals surface area contributed by atoms with Crippen LogP contribution in [0.25, 0.3) is 0 Å². The van der Waals surface area contributed by atoms with Gasteiger partial charge in [-0.25, -0.2) is 0 Å². The van der Waals surface area contributed by atoms with Gasteiger partial charge in [0.25, 0.3) is 5.69 Å². The first-order chi connectivity index (χ1) is 18.4. The SMILES string of the molecule is CCCCCCCCCCCCCCCCN(C)c1ccc(N=Nc2ccc([N+](=O)[O-])cc2[N+](=O)[O-])cc1. The van der Waals surface area contributed by atoms with Crippen LogP contribution in [-0.2, 0) is 0 Å². The van der Waals surface area contributed by atoms with Gasteiger partial charge in [-0.05, 0) is 36.8 Å². The molecule has 0 amide bonds. The second-order valence-corrected chi connectivity index (χ2v) is 9.92. The van der Waals surface area contributed by atoms with Gasteiger partial charge in [0.15, 0.2) is 5.69 Å². The van der Waals surface area contributed by atoms with Gasteiger partial charge in [-0.3, -0.25) is 20.2 Å². The highest BCUT2D eigenvalue weighted by Gasteiger charge is 2.19. The molecule has 0 unspecified atom stereocenters. The Morgan fingerprint density at radius 2 is 1.21 bits per heavy atom. The minimum absolute atomic E-state index is 0.0281. The van der Waals surface area contributed by atoms with Crippen LogP contribution in [0.1, 0.15) is 96.8 Å². The summed E-state index contributed by atoms with van der Waals surface area (Å²) in [4.78, 5) is 23.0. The molecule has 0 aliphatic carbocycles. The van der Waals surface area contributed by atoms with Gasteiger partial charge in [0.1, 0.15) is 0 Å². The van der Waals surface area contributed by atoms with E-state index < -0.39 is 15.5 Å². The average Bonchev–Trinajstić information content (AvgIpc) is 2.92. The number of hydrogen-bond donors (Lipinski definition) is 0. The summed E-state index contributed by atoms with van der Waals surface area (Å²) in [5, 5.41) is 30.1. The Labute approximate surface area is 226 Å². The van der Waals surface area contributed by atoms with Gasteiger partial charge >= 0.3 is 5.69 Å². The first kappa shape index (κ1) is 30.9. The average molecular weight is 526 g/mol. The maximum atomic E-state index is 11.2. The first-order valence-electron chi connectivity index (χ1n) is 14.1. The third kappa shape index (κ3) is 11.8. The zero-order valence-corrected chi connectivity index (χ0v) is 23.0. The molecule has 0 atom stereocenters. The summed E-state index contributed by atoms with van der Waals surface area (Å²) in [6.45, 7) is 3.25. The molecule has 0 spiro atoms. The molecule has 0 saturated heterocycles. The Morgan fingerprint density at radius 3 is 1.71 bits per heavy atom. The highest BCUT2D eigenvalue weighted by molar-refractivity contribution is 5.62. The third-order valence-corrected chi connectivity index (χ3v) is 6.78. The van der Waals surface area contributed by atoms with Gasteiger partial charge in [-0.1, -0.05) is 90.4 Å². The molecule has 0 heterocycles. The van der Waals surface area contributed by atoms with E-state index in [-0.39, 0.29) is 11.4 Å². The predicted molar refractivity (Wildman–Crippen MR) is 154 cm³/mol. The van der Waals surface area contributed by atoms with E-state index in [1.165, 1.54) is 95.6 Å². The quantitative estimate of drug-likeness (QED) is 0.0738. The van der Waals surface area contributed by atoms with Crippen LogP contribution in [0.15, 0.2) is 52.7 Å². The second-order valence-electron chi connectivity index (χ2n) is 9.92. The zero-order valence-electron chi connectivity index (χ0n) is 23.0. The number of nitro groups is 2. The molecule has 2 rings (SSSR count). The van der Waals surface area contributed by atoms with Crippen molar-refractivity contribution < 1.29 is 9.85 Å². The zero-order chi connectivity index (χ0) is 27.6. The third-order valence-electron chi connectivity index (χ3n) is 6.78. The number of non-ortho nitro benzene ring substituents is 1. The molecule has 0 saturated carbocycles. The predicted octanol–water partition coefficient (Wildman–Crippen LogP) is 9.84. The number of rotatable bonds is 20. The van der Waals surface area contributed by atoms with Crippen LogP contribution in [0.4, 0.5) is 28.4 Å². The summed E-state index contributed by atoms with van der Waals surface area (Å²) in [7, 11) is 2.07. The summed E-state index contributed by atoms with van der Waals surface area (Å²) < 4.78 is 0. The number of unbranched alkanes of at least 4 members (excludes halogenated alkanes) is 13. The molecule has 0 fully saturated rings. The molecule has 0 N–H and O–H groups in total. The Morgan fingerprint density at radius 1 is 0.684 bits per heavy atom. The molecule has 2 aromatic carbocycles. The fourth-order valence-corrected chi connectivity index (χ4v) is 4.41. The number of nitro benzene ring substituents is 2. The summed E-state index contributed by atoms with van der Waals surface area (Å²) >= 11 is 0. The van der Waals surface area contributed by atoms with E-state index in [9.17, 15) is 20.2 Å². The summed E-state index contributed by atoms with van der Waals surface area (Å²) in [5.41, 5.74) is 0.778. The van der Waals surface area contributed by atoms with E-state index in [0.29, 0.717) is 5.69 Å². The molecular formula is C29H43N5O4. The van der Waals surface area contributed by atoms with Gasteiger partial charge in [0.2, 0.25) is 0 Å². The van der Waals surface area contributed by atoms with Gasteiger partial charge in [-0.2, -0.15) is 5.11 Å². The molecule has 0 aliphatic rings. The van der Waals surface area contributed by atoms with Crippen molar-refractivity contribution in [2.75, 3.05) is 18.5 Å². The minimum atomic E-state index is -0.698. The Hall–Kier alpha value is -3.36. The van der Waals surface area contributed by atoms with Crippen molar-refractivity contribution >= 4 is 28.4 Å². The van der Waals surface area contributed by atoms with Crippen molar-refractivity contribution in [3.63, 3.8) is 0 Å². The van der Waals surface area contributed by atoms with Crippen molar-refractivity contribution in [1.29, 1.82) is 0 Å². The van der Waals surface area contributed by atoms with E-state index in [0.717, 1.165) is 24.7 Å². The molecular weight excluding hydrogens is 482 g/mol. The van der Waals surface area contributed by atoms with Crippen LogP contribution in [0.5, 0.6) is 0 Å². The standard InChI is InChI=1S/C29H43N5O4/c1-3-4-5-6-7-8-9-10-11-12-13-14-15-16-23-32(2)26-19-17-25(18-20-26)30-31-28-22-21-27(33(35)36)24-29(28)34(37)38/h17-22,24H,3-16,23H2,1-2H3. The highest BCUT2D eigenvalue weighted by atomic mass is 16.6. The molecule has 0 aliphatic heterocycles. The lowest BCUT2D eigenvalue weighted by Crippen LogP contribution is -2.18. The number of anilines is 1. The smallest absolute Gasteiger partial charge is 0.303 e. The van der Waals surface area contributed by atoms with Crippen molar-refractivity contribution in [2.45, 2.75) is 96.8 Å². The minimum Gasteiger partial charge on any atom is -0.375 e. The Bertz CT molecular complexity index is 1010. The van der Waals surface area contributed by atoms with E-state index >= 15 is 0 Å². The lowest BCUT2D eigenvalue weighted by molar-refractivity contribution is -0.393. The molecule has 0 bridgehead atoms. The van der Waals surface area contributed by atoms with Crippen molar-refractivity contribution in [2.24, 2.45) is 10.2 Å². The molecule has 38 heavy (non-hydrogen) atoms. The van der Waals surface area contributed by atoms with Crippen molar-refractivity contribution in [3.05, 3.63) is 62.7 Å². The number of nitrogens with zero attached hydrogens (tertiary/aromatic N) is 5. The molecule has 9 nitrogen and oxygen atoms in total. The van der Waals surface area contributed by atoms with Crippen LogP contribution >= 0.6 is 0 Å². The topological polar surface area (TPSA) is 114 Å². The van der Waals surface area contributed by atoms with E-state index in [4.69, 9.17) is 0 Å². The normalized spacial score (nSPS) is 11.2. The van der Waals surface area contributed by atoms with Crippen LogP contribution in [0.3, 0.4) is 0 Å². The van der Waals surface area contributed by atoms with Crippen LogP contribution in [-0.4, -0.2) is 23.4 Å². The largest absolute Gasteiger partial charge is 0.375 e. The van der Waals surface area contributed by atoms with E-state index in [1.54, 1.807) is 12.1 Å². The molecule has 0 aromatic heterocycles. The summed E-state index contributed by atoms with van der Waals surface area (Å²) in [6, 6.07) is 10.8. The Kier molecular flexibility index (Phi) is 14.6. The summed E-state index contributed by atoms with van der Waals surface area (Å²) in [6.07, 6.45) is 18.9. The second kappa shape index (κ2) is 18.0. The first-order valence-corrected chi connectivity index (χ1v) is 14.1. The van der Waals surface area contributed by atoms with E-state index in [2.05, 4.69) is 29.1 Å². The monoisotopic (exact) mass is 525 g/mol. The fraction of sp³-hybridized carbons (Fsp3) is 0.586. The Balaban J connectivity index is 1.64.